The smallest absolute Gasteiger partial charge is 0.255 e. The molecule has 2 aliphatic heterocycles. The van der Waals surface area contributed by atoms with E-state index < -0.39 is 5.60 Å². The van der Waals surface area contributed by atoms with Crippen molar-refractivity contribution in [1.29, 1.82) is 0 Å². The number of nitrogens with one attached hydrogen (secondary N) is 1. The molecule has 4 rings (SSSR count). The van der Waals surface area contributed by atoms with Gasteiger partial charge >= 0.3 is 0 Å². The third-order valence-electron chi connectivity index (χ3n) is 5.98. The van der Waals surface area contributed by atoms with Crippen LogP contribution in [0.1, 0.15) is 50.6 Å². The van der Waals surface area contributed by atoms with Crippen LogP contribution >= 0.6 is 11.8 Å². The zero-order valence-corrected chi connectivity index (χ0v) is 16.3. The summed E-state index contributed by atoms with van der Waals surface area (Å²) in [5.74, 6) is 1.64. The first-order valence-electron chi connectivity index (χ1n) is 10.1. The molecule has 26 heavy (non-hydrogen) atoms. The van der Waals surface area contributed by atoms with Crippen LogP contribution in [0.25, 0.3) is 0 Å². The van der Waals surface area contributed by atoms with E-state index in [1.54, 1.807) is 11.8 Å². The van der Waals surface area contributed by atoms with E-state index in [1.807, 2.05) is 4.90 Å². The topological polar surface area (TPSA) is 70.4 Å². The Morgan fingerprint density at radius 2 is 2.12 bits per heavy atom. The summed E-state index contributed by atoms with van der Waals surface area (Å²) in [5.41, 5.74) is -0.275. The van der Waals surface area contributed by atoms with Crippen molar-refractivity contribution in [2.75, 3.05) is 25.4 Å². The maximum Gasteiger partial charge on any atom is 0.255 e. The van der Waals surface area contributed by atoms with Gasteiger partial charge in [-0.05, 0) is 31.6 Å². The zero-order chi connectivity index (χ0) is 18.0. The molecule has 7 heteroatoms. The number of thioether (sulfide) groups is 1. The molecule has 0 radical (unpaired) electrons. The molecular weight excluding hydrogens is 348 g/mol. The average Bonchev–Trinajstić information content (AvgIpc) is 3.22. The van der Waals surface area contributed by atoms with Gasteiger partial charge in [0.1, 0.15) is 0 Å². The molecule has 3 heterocycles. The first-order valence-corrected chi connectivity index (χ1v) is 11.0. The molecule has 144 valence electrons. The quantitative estimate of drug-likeness (QED) is 0.792. The predicted molar refractivity (Wildman–Crippen MR) is 102 cm³/mol. The molecule has 1 saturated carbocycles. The number of likely N-dealkylation sites (tertiary alicyclic amines) is 1. The van der Waals surface area contributed by atoms with Crippen LogP contribution in [0.3, 0.4) is 0 Å². The van der Waals surface area contributed by atoms with Crippen LogP contribution in [0.5, 0.6) is 0 Å². The van der Waals surface area contributed by atoms with Gasteiger partial charge in [-0.15, -0.1) is 0 Å². The Morgan fingerprint density at radius 1 is 1.27 bits per heavy atom. The van der Waals surface area contributed by atoms with E-state index in [0.29, 0.717) is 25.4 Å². The van der Waals surface area contributed by atoms with Gasteiger partial charge in [-0.1, -0.05) is 31.0 Å². The highest BCUT2D eigenvalue weighted by Crippen LogP contribution is 2.28. The van der Waals surface area contributed by atoms with E-state index >= 15 is 0 Å². The van der Waals surface area contributed by atoms with Crippen molar-refractivity contribution in [1.82, 2.24) is 19.8 Å². The van der Waals surface area contributed by atoms with Crippen molar-refractivity contribution in [3.05, 3.63) is 11.9 Å². The molecule has 6 nitrogen and oxygen atoms in total. The number of imidazole rings is 1. The third kappa shape index (κ3) is 3.94. The minimum Gasteiger partial charge on any atom is -0.379 e. The predicted octanol–water partition coefficient (Wildman–Crippen LogP) is 2.01. The molecule has 1 aromatic rings. The summed E-state index contributed by atoms with van der Waals surface area (Å²) < 4.78 is 2.17. The maximum atomic E-state index is 12.9. The lowest BCUT2D eigenvalue weighted by Gasteiger charge is -2.40. The number of hydrogen-bond donors (Lipinski definition) is 2. The second-order valence-electron chi connectivity index (χ2n) is 8.05. The van der Waals surface area contributed by atoms with E-state index in [4.69, 9.17) is 0 Å². The van der Waals surface area contributed by atoms with E-state index in [0.717, 1.165) is 42.7 Å². The first kappa shape index (κ1) is 18.3. The molecule has 3 aliphatic rings. The minimum absolute atomic E-state index is 0.0790. The van der Waals surface area contributed by atoms with Crippen molar-refractivity contribution in [2.24, 2.45) is 5.92 Å². The molecule has 1 aliphatic carbocycles. The summed E-state index contributed by atoms with van der Waals surface area (Å²) in [6.45, 7) is 3.54. The lowest BCUT2D eigenvalue weighted by Crippen LogP contribution is -2.58. The van der Waals surface area contributed by atoms with Crippen molar-refractivity contribution in [3.8, 4) is 0 Å². The van der Waals surface area contributed by atoms with Gasteiger partial charge in [0.25, 0.3) is 5.91 Å². The van der Waals surface area contributed by atoms with Gasteiger partial charge in [-0.3, -0.25) is 4.79 Å². The van der Waals surface area contributed by atoms with Crippen LogP contribution in [0, 0.1) is 5.92 Å². The Bertz CT molecular complexity index is 622. The lowest BCUT2D eigenvalue weighted by molar-refractivity contribution is -0.157. The van der Waals surface area contributed by atoms with Crippen molar-refractivity contribution in [2.45, 2.75) is 68.8 Å². The Kier molecular flexibility index (Phi) is 5.57. The normalized spacial score (nSPS) is 27.1. The number of aryl methyl sites for hydroxylation is 1. The van der Waals surface area contributed by atoms with Crippen LogP contribution in [0.4, 0.5) is 0 Å². The number of carbonyl (C=O) groups excluding carboxylic acids is 1. The number of rotatable bonds is 6. The number of aliphatic hydroxyl groups is 1. The van der Waals surface area contributed by atoms with E-state index in [2.05, 4.69) is 21.1 Å². The number of fused-ring (bicyclic) bond motifs is 1. The van der Waals surface area contributed by atoms with Gasteiger partial charge in [0.2, 0.25) is 0 Å². The lowest BCUT2D eigenvalue weighted by atomic mass is 9.86. The average molecular weight is 379 g/mol. The molecule has 0 spiro atoms. The molecule has 1 saturated heterocycles. The van der Waals surface area contributed by atoms with Crippen LogP contribution in [-0.4, -0.2) is 56.5 Å². The van der Waals surface area contributed by atoms with Crippen LogP contribution in [-0.2, 0) is 17.9 Å². The molecule has 2 N–H and O–H groups in total. The fraction of sp³-hybridized carbons (Fsp3) is 0.789. The minimum atomic E-state index is -1.26. The summed E-state index contributed by atoms with van der Waals surface area (Å²) in [6, 6.07) is 0. The Hall–Kier alpha value is -1.05. The summed E-state index contributed by atoms with van der Waals surface area (Å²) in [5, 5.41) is 15.3. The highest BCUT2D eigenvalue weighted by Gasteiger charge is 2.42. The van der Waals surface area contributed by atoms with Crippen molar-refractivity contribution < 1.29 is 9.90 Å². The fourth-order valence-corrected chi connectivity index (χ4v) is 5.49. The fourth-order valence-electron chi connectivity index (χ4n) is 4.53. The number of hydrogen-bond acceptors (Lipinski definition) is 5. The number of piperidine rings is 1. The van der Waals surface area contributed by atoms with Crippen LogP contribution in [0.2, 0.25) is 0 Å². The molecule has 1 atom stereocenters. The number of nitrogens with zero attached hydrogens (tertiary/aromatic N) is 3. The number of aromatic nitrogens is 2. The molecule has 2 fully saturated rings. The van der Waals surface area contributed by atoms with E-state index in [-0.39, 0.29) is 5.91 Å². The SMILES string of the molecule is O=C1N(CC2CCCCC2)CCC[C@]1(O)CNCc1cn2c(n1)SCC2. The van der Waals surface area contributed by atoms with Gasteiger partial charge in [0.15, 0.2) is 10.8 Å². The van der Waals surface area contributed by atoms with E-state index in [9.17, 15) is 9.90 Å². The van der Waals surface area contributed by atoms with Crippen molar-refractivity contribution >= 4 is 17.7 Å². The summed E-state index contributed by atoms with van der Waals surface area (Å²) in [6.07, 6.45) is 9.85. The number of amides is 1. The second-order valence-corrected chi connectivity index (χ2v) is 9.11. The van der Waals surface area contributed by atoms with Crippen LogP contribution in [0.15, 0.2) is 11.4 Å². The van der Waals surface area contributed by atoms with E-state index in [1.165, 1.54) is 32.1 Å². The van der Waals surface area contributed by atoms with Gasteiger partial charge in [0.05, 0.1) is 5.69 Å². The summed E-state index contributed by atoms with van der Waals surface area (Å²) >= 11 is 1.78. The molecule has 1 aromatic heterocycles. The van der Waals surface area contributed by atoms with Crippen LogP contribution < -0.4 is 5.32 Å². The summed E-state index contributed by atoms with van der Waals surface area (Å²) in [7, 11) is 0. The van der Waals surface area contributed by atoms with Crippen molar-refractivity contribution in [3.63, 3.8) is 0 Å². The molecular formula is C19H30N4O2S. The number of carbonyl (C=O) groups is 1. The largest absolute Gasteiger partial charge is 0.379 e. The molecule has 0 unspecified atom stereocenters. The molecule has 0 bridgehead atoms. The van der Waals surface area contributed by atoms with Gasteiger partial charge in [-0.25, -0.2) is 4.98 Å². The van der Waals surface area contributed by atoms with Gasteiger partial charge in [0, 0.05) is 44.7 Å². The zero-order valence-electron chi connectivity index (χ0n) is 15.5. The molecule has 1 amide bonds. The van der Waals surface area contributed by atoms with Gasteiger partial charge in [-0.2, -0.15) is 0 Å². The molecule has 0 aromatic carbocycles. The summed E-state index contributed by atoms with van der Waals surface area (Å²) in [4.78, 5) is 19.4. The third-order valence-corrected chi connectivity index (χ3v) is 6.95. The highest BCUT2D eigenvalue weighted by molar-refractivity contribution is 7.99. The Morgan fingerprint density at radius 3 is 2.92 bits per heavy atom. The van der Waals surface area contributed by atoms with Gasteiger partial charge < -0.3 is 19.9 Å². The standard InChI is InChI=1S/C19H30N4O2S/c24-17-19(25,7-4-8-22(17)12-15-5-2-1-3-6-15)14-20-11-16-13-23-9-10-26-18(23)21-16/h13,15,20,25H,1-12,14H2/t19-/m0/s1. The highest BCUT2D eigenvalue weighted by atomic mass is 32.2. The second kappa shape index (κ2) is 7.90. The monoisotopic (exact) mass is 378 g/mol. The Balaban J connectivity index is 1.30. The maximum absolute atomic E-state index is 12.9. The first-order chi connectivity index (χ1) is 12.6. The Labute approximate surface area is 159 Å².